The maximum atomic E-state index is 11.7. The predicted octanol–water partition coefficient (Wildman–Crippen LogP) is 5.22. The summed E-state index contributed by atoms with van der Waals surface area (Å²) < 4.78 is 1.83. The van der Waals surface area contributed by atoms with Crippen molar-refractivity contribution in [1.29, 1.82) is 0 Å². The summed E-state index contributed by atoms with van der Waals surface area (Å²) in [5.41, 5.74) is 10.2. The number of fused-ring (bicyclic) bond motifs is 1. The van der Waals surface area contributed by atoms with Crippen LogP contribution >= 0.6 is 23.5 Å². The number of para-hydroxylation sites is 1. The number of anilines is 1. The molecular weight excluding hydrogens is 478 g/mol. The molecule has 35 heavy (non-hydrogen) atoms. The fourth-order valence-electron chi connectivity index (χ4n) is 4.28. The van der Waals surface area contributed by atoms with Crippen molar-refractivity contribution in [2.24, 2.45) is 11.7 Å². The topological polar surface area (TPSA) is 106 Å². The molecule has 0 saturated carbocycles. The third-order valence-electron chi connectivity index (χ3n) is 6.23. The molecule has 1 aliphatic rings. The zero-order valence-corrected chi connectivity index (χ0v) is 21.0. The van der Waals surface area contributed by atoms with Gasteiger partial charge in [0.25, 0.3) is 0 Å². The highest BCUT2D eigenvalue weighted by Gasteiger charge is 2.18. The van der Waals surface area contributed by atoms with Gasteiger partial charge in [0.1, 0.15) is 10.8 Å². The number of primary amides is 1. The predicted molar refractivity (Wildman–Crippen MR) is 142 cm³/mol. The molecular formula is C26H27N5O2S2. The first-order valence-corrected chi connectivity index (χ1v) is 13.5. The lowest BCUT2D eigenvalue weighted by Gasteiger charge is -2.22. The second-order valence-corrected chi connectivity index (χ2v) is 11.0. The van der Waals surface area contributed by atoms with E-state index in [0.29, 0.717) is 11.5 Å². The van der Waals surface area contributed by atoms with Gasteiger partial charge in [0, 0.05) is 17.7 Å². The van der Waals surface area contributed by atoms with E-state index in [1.807, 2.05) is 53.5 Å². The molecule has 4 aromatic rings. The number of nitrogens with one attached hydrogen (secondary N) is 1. The molecule has 3 heterocycles. The Balaban J connectivity index is 1.55. The molecule has 0 atom stereocenters. The summed E-state index contributed by atoms with van der Waals surface area (Å²) in [4.78, 5) is 17.1. The molecule has 5 rings (SSSR count). The van der Waals surface area contributed by atoms with Crippen LogP contribution in [0.25, 0.3) is 16.9 Å². The molecule has 1 aliphatic heterocycles. The number of phenolic OH excluding ortho intramolecular Hbond substituents is 1. The van der Waals surface area contributed by atoms with Crippen LogP contribution < -0.4 is 11.1 Å². The van der Waals surface area contributed by atoms with Crippen molar-refractivity contribution in [3.05, 3.63) is 65.9 Å². The summed E-state index contributed by atoms with van der Waals surface area (Å²) in [6.07, 6.45) is 4.23. The molecule has 1 fully saturated rings. The van der Waals surface area contributed by atoms with Gasteiger partial charge in [-0.2, -0.15) is 16.9 Å². The van der Waals surface area contributed by atoms with E-state index in [1.165, 1.54) is 36.1 Å². The van der Waals surface area contributed by atoms with Crippen LogP contribution in [0.5, 0.6) is 5.75 Å². The Labute approximate surface area is 212 Å². The van der Waals surface area contributed by atoms with Gasteiger partial charge in [0.05, 0.1) is 22.5 Å². The Hall–Kier alpha value is -3.17. The van der Waals surface area contributed by atoms with Crippen molar-refractivity contribution in [3.8, 4) is 17.0 Å². The number of thioether (sulfide) groups is 1. The van der Waals surface area contributed by atoms with Crippen LogP contribution in [0.1, 0.15) is 28.8 Å². The highest BCUT2D eigenvalue weighted by Crippen LogP contribution is 2.36. The minimum Gasteiger partial charge on any atom is -0.507 e. The number of aromatic nitrogens is 3. The van der Waals surface area contributed by atoms with Gasteiger partial charge < -0.3 is 16.2 Å². The number of nitrogens with two attached hydrogens (primary N) is 1. The standard InChI is InChI=1S/C26H27N5O2S2/c1-16-12-18(6-7-19(16)25(27)33)21-15-29-26-20(28-14-17-8-10-34-11-9-17)13-24(30-31(21)26)35-23-5-3-2-4-22(23)32/h2-7,12-13,15,17,28,32H,8-11,14H2,1H3,(H2,27,33). The Bertz CT molecular complexity index is 1380. The zero-order valence-electron chi connectivity index (χ0n) is 19.4. The van der Waals surface area contributed by atoms with E-state index in [-0.39, 0.29) is 5.75 Å². The molecule has 0 spiro atoms. The summed E-state index contributed by atoms with van der Waals surface area (Å²) in [6, 6.07) is 14.8. The SMILES string of the molecule is Cc1cc(-c2cnc3c(NCC4CCSCC4)cc(Sc4ccccc4O)nn23)ccc1C(N)=O. The first-order chi connectivity index (χ1) is 17.0. The van der Waals surface area contributed by atoms with Crippen LogP contribution in [0.4, 0.5) is 5.69 Å². The average Bonchev–Trinajstić information content (AvgIpc) is 3.28. The molecule has 2 aromatic carbocycles. The third kappa shape index (κ3) is 5.11. The minimum atomic E-state index is -0.445. The molecule has 1 saturated heterocycles. The number of nitrogens with zero attached hydrogens (tertiary/aromatic N) is 3. The number of hydrogen-bond donors (Lipinski definition) is 3. The Morgan fingerprint density at radius 2 is 2.03 bits per heavy atom. The van der Waals surface area contributed by atoms with Gasteiger partial charge in [-0.05, 0) is 73.1 Å². The highest BCUT2D eigenvalue weighted by molar-refractivity contribution is 7.99. The van der Waals surface area contributed by atoms with Gasteiger partial charge >= 0.3 is 0 Å². The quantitative estimate of drug-likeness (QED) is 0.316. The molecule has 4 N–H and O–H groups in total. The second-order valence-electron chi connectivity index (χ2n) is 8.68. The summed E-state index contributed by atoms with van der Waals surface area (Å²) in [5.74, 6) is 2.83. The lowest BCUT2D eigenvalue weighted by atomic mass is 10.0. The van der Waals surface area contributed by atoms with Gasteiger partial charge in [-0.3, -0.25) is 4.79 Å². The van der Waals surface area contributed by atoms with Crippen LogP contribution in [0.3, 0.4) is 0 Å². The molecule has 0 aliphatic carbocycles. The number of rotatable bonds is 7. The third-order valence-corrected chi connectivity index (χ3v) is 8.26. The summed E-state index contributed by atoms with van der Waals surface area (Å²) >= 11 is 3.43. The summed E-state index contributed by atoms with van der Waals surface area (Å²) in [7, 11) is 0. The van der Waals surface area contributed by atoms with E-state index in [2.05, 4.69) is 5.32 Å². The maximum Gasteiger partial charge on any atom is 0.248 e. The van der Waals surface area contributed by atoms with E-state index in [0.717, 1.165) is 44.6 Å². The van der Waals surface area contributed by atoms with E-state index in [9.17, 15) is 9.90 Å². The lowest BCUT2D eigenvalue weighted by Crippen LogP contribution is -2.19. The number of benzene rings is 2. The number of aromatic hydroxyl groups is 1. The average molecular weight is 506 g/mol. The number of carbonyl (C=O) groups excluding carboxylic acids is 1. The first-order valence-electron chi connectivity index (χ1n) is 11.6. The normalized spacial score (nSPS) is 14.3. The number of phenols is 1. The van der Waals surface area contributed by atoms with Gasteiger partial charge in [0.2, 0.25) is 5.91 Å². The van der Waals surface area contributed by atoms with Crippen LogP contribution in [0, 0.1) is 12.8 Å². The van der Waals surface area contributed by atoms with Crippen LogP contribution in [-0.2, 0) is 0 Å². The maximum absolute atomic E-state index is 11.7. The molecule has 1 amide bonds. The van der Waals surface area contributed by atoms with Crippen molar-refractivity contribution >= 4 is 40.8 Å². The number of hydrogen-bond acceptors (Lipinski definition) is 7. The molecule has 7 nitrogen and oxygen atoms in total. The number of carbonyl (C=O) groups is 1. The van der Waals surface area contributed by atoms with Gasteiger partial charge in [0.15, 0.2) is 5.65 Å². The van der Waals surface area contributed by atoms with Crippen LogP contribution in [0.15, 0.2) is 64.6 Å². The van der Waals surface area contributed by atoms with Crippen LogP contribution in [0.2, 0.25) is 0 Å². The first kappa shape index (κ1) is 23.6. The van der Waals surface area contributed by atoms with Gasteiger partial charge in [-0.25, -0.2) is 9.50 Å². The second kappa shape index (κ2) is 10.2. The molecule has 0 bridgehead atoms. The van der Waals surface area contributed by atoms with E-state index >= 15 is 0 Å². The molecule has 0 radical (unpaired) electrons. The van der Waals surface area contributed by atoms with E-state index in [1.54, 1.807) is 24.4 Å². The minimum absolute atomic E-state index is 0.220. The Kier molecular flexibility index (Phi) is 6.88. The molecule has 9 heteroatoms. The Morgan fingerprint density at radius 3 is 2.77 bits per heavy atom. The lowest BCUT2D eigenvalue weighted by molar-refractivity contribution is 0.0999. The molecule has 2 aromatic heterocycles. The van der Waals surface area contributed by atoms with Gasteiger partial charge in [-0.1, -0.05) is 30.0 Å². The smallest absolute Gasteiger partial charge is 0.248 e. The fourth-order valence-corrected chi connectivity index (χ4v) is 6.33. The van der Waals surface area contributed by atoms with Crippen molar-refractivity contribution in [2.45, 2.75) is 29.7 Å². The molecule has 0 unspecified atom stereocenters. The van der Waals surface area contributed by atoms with Crippen LogP contribution in [-0.4, -0.2) is 43.7 Å². The number of imidazole rings is 1. The van der Waals surface area contributed by atoms with Crippen molar-refractivity contribution < 1.29 is 9.90 Å². The number of aryl methyl sites for hydroxylation is 1. The largest absolute Gasteiger partial charge is 0.507 e. The van der Waals surface area contributed by atoms with Crippen molar-refractivity contribution in [3.63, 3.8) is 0 Å². The highest BCUT2D eigenvalue weighted by atomic mass is 32.2. The summed E-state index contributed by atoms with van der Waals surface area (Å²) in [5, 5.41) is 19.5. The summed E-state index contributed by atoms with van der Waals surface area (Å²) in [6.45, 7) is 2.75. The van der Waals surface area contributed by atoms with Gasteiger partial charge in [-0.15, -0.1) is 0 Å². The monoisotopic (exact) mass is 505 g/mol. The Morgan fingerprint density at radius 1 is 1.23 bits per heavy atom. The molecule has 180 valence electrons. The zero-order chi connectivity index (χ0) is 24.4. The van der Waals surface area contributed by atoms with Crippen molar-refractivity contribution in [2.75, 3.05) is 23.4 Å². The fraction of sp³-hybridized carbons (Fsp3) is 0.269. The van der Waals surface area contributed by atoms with E-state index in [4.69, 9.17) is 15.8 Å². The van der Waals surface area contributed by atoms with Crippen molar-refractivity contribution in [1.82, 2.24) is 14.6 Å². The number of amides is 1. The van der Waals surface area contributed by atoms with E-state index < -0.39 is 5.91 Å².